The summed E-state index contributed by atoms with van der Waals surface area (Å²) < 4.78 is 0. The average molecular weight is 359 g/mol. The number of hydrogen-bond donors (Lipinski definition) is 2. The second kappa shape index (κ2) is 8.27. The van der Waals surface area contributed by atoms with Crippen LogP contribution in [0.25, 0.3) is 22.6 Å². The lowest BCUT2D eigenvalue weighted by molar-refractivity contribution is 0.389. The highest BCUT2D eigenvalue weighted by molar-refractivity contribution is 5.67. The van der Waals surface area contributed by atoms with Crippen molar-refractivity contribution in [2.45, 2.75) is 19.8 Å². The third-order valence-corrected chi connectivity index (χ3v) is 5.02. The molecule has 0 spiro atoms. The summed E-state index contributed by atoms with van der Waals surface area (Å²) in [7, 11) is 0. The summed E-state index contributed by atoms with van der Waals surface area (Å²) >= 11 is 0. The number of pyridine rings is 1. The first kappa shape index (κ1) is 17.6. The normalized spacial score (nSPS) is 14.9. The van der Waals surface area contributed by atoms with Gasteiger partial charge in [-0.2, -0.15) is 0 Å². The SMILES string of the molecule is Cc1ccc(-c2nc(NCC3CCNCC3)cc(-c3cccnc3)n2)cc1. The lowest BCUT2D eigenvalue weighted by atomic mass is 9.98. The largest absolute Gasteiger partial charge is 0.370 e. The first-order valence-electron chi connectivity index (χ1n) is 9.59. The molecule has 5 heteroatoms. The Morgan fingerprint density at radius 1 is 1.04 bits per heavy atom. The third kappa shape index (κ3) is 4.49. The fraction of sp³-hybridized carbons (Fsp3) is 0.318. The second-order valence-electron chi connectivity index (χ2n) is 7.14. The van der Waals surface area contributed by atoms with Crippen LogP contribution in [0.4, 0.5) is 5.82 Å². The van der Waals surface area contributed by atoms with E-state index < -0.39 is 0 Å². The molecule has 1 aliphatic heterocycles. The van der Waals surface area contributed by atoms with Crippen LogP contribution in [0.3, 0.4) is 0 Å². The predicted octanol–water partition coefficient (Wildman–Crippen LogP) is 3.93. The van der Waals surface area contributed by atoms with Crippen LogP contribution in [0.15, 0.2) is 54.9 Å². The zero-order chi connectivity index (χ0) is 18.5. The van der Waals surface area contributed by atoms with E-state index in [1.54, 1.807) is 6.20 Å². The molecule has 0 unspecified atom stereocenters. The van der Waals surface area contributed by atoms with Gasteiger partial charge in [-0.1, -0.05) is 29.8 Å². The van der Waals surface area contributed by atoms with Crippen molar-refractivity contribution in [2.24, 2.45) is 5.92 Å². The lowest BCUT2D eigenvalue weighted by Gasteiger charge is -2.23. The molecule has 2 N–H and O–H groups in total. The van der Waals surface area contributed by atoms with Crippen LogP contribution in [0.1, 0.15) is 18.4 Å². The van der Waals surface area contributed by atoms with Crippen LogP contribution in [0, 0.1) is 12.8 Å². The predicted molar refractivity (Wildman–Crippen MR) is 110 cm³/mol. The van der Waals surface area contributed by atoms with Gasteiger partial charge in [-0.3, -0.25) is 4.98 Å². The van der Waals surface area contributed by atoms with Gasteiger partial charge in [0.1, 0.15) is 5.82 Å². The van der Waals surface area contributed by atoms with E-state index >= 15 is 0 Å². The van der Waals surface area contributed by atoms with Gasteiger partial charge in [0.2, 0.25) is 0 Å². The molecule has 0 aliphatic carbocycles. The molecule has 3 heterocycles. The van der Waals surface area contributed by atoms with Crippen molar-refractivity contribution in [3.63, 3.8) is 0 Å². The van der Waals surface area contributed by atoms with Gasteiger partial charge in [0.15, 0.2) is 5.82 Å². The fourth-order valence-electron chi connectivity index (χ4n) is 3.37. The van der Waals surface area contributed by atoms with Crippen molar-refractivity contribution in [1.82, 2.24) is 20.3 Å². The first-order chi connectivity index (χ1) is 13.3. The zero-order valence-corrected chi connectivity index (χ0v) is 15.7. The first-order valence-corrected chi connectivity index (χ1v) is 9.59. The molecule has 0 bridgehead atoms. The van der Waals surface area contributed by atoms with E-state index in [2.05, 4.69) is 46.8 Å². The number of anilines is 1. The maximum atomic E-state index is 4.80. The van der Waals surface area contributed by atoms with Crippen molar-refractivity contribution in [3.05, 3.63) is 60.4 Å². The average Bonchev–Trinajstić information content (AvgIpc) is 2.74. The summed E-state index contributed by atoms with van der Waals surface area (Å²) in [4.78, 5) is 13.8. The molecule has 4 rings (SSSR count). The van der Waals surface area contributed by atoms with Crippen molar-refractivity contribution in [2.75, 3.05) is 25.0 Å². The summed E-state index contributed by atoms with van der Waals surface area (Å²) in [5.41, 5.74) is 4.14. The maximum Gasteiger partial charge on any atom is 0.162 e. The van der Waals surface area contributed by atoms with Gasteiger partial charge in [0.05, 0.1) is 5.69 Å². The standard InChI is InChI=1S/C22H25N5/c1-16-4-6-18(7-5-16)22-26-20(19-3-2-10-24-15-19)13-21(27-22)25-14-17-8-11-23-12-9-17/h2-7,10,13,15,17,23H,8-9,11-12,14H2,1H3,(H,25,26,27). The molecule has 0 saturated carbocycles. The van der Waals surface area contributed by atoms with Crippen LogP contribution in [0.2, 0.25) is 0 Å². The van der Waals surface area contributed by atoms with Gasteiger partial charge >= 0.3 is 0 Å². The van der Waals surface area contributed by atoms with Gasteiger partial charge in [-0.25, -0.2) is 9.97 Å². The molecule has 1 saturated heterocycles. The molecule has 3 aromatic rings. The molecule has 0 radical (unpaired) electrons. The molecular formula is C22H25N5. The number of nitrogens with one attached hydrogen (secondary N) is 2. The quantitative estimate of drug-likeness (QED) is 0.723. The molecule has 5 nitrogen and oxygen atoms in total. The van der Waals surface area contributed by atoms with Crippen LogP contribution < -0.4 is 10.6 Å². The number of benzene rings is 1. The number of piperidine rings is 1. The Kier molecular flexibility index (Phi) is 5.39. The Bertz CT molecular complexity index is 871. The Balaban J connectivity index is 1.64. The van der Waals surface area contributed by atoms with Gasteiger partial charge in [0.25, 0.3) is 0 Å². The van der Waals surface area contributed by atoms with Crippen LogP contribution in [-0.2, 0) is 0 Å². The van der Waals surface area contributed by atoms with Gasteiger partial charge in [-0.05, 0) is 50.9 Å². The van der Waals surface area contributed by atoms with E-state index in [0.717, 1.165) is 48.1 Å². The summed E-state index contributed by atoms with van der Waals surface area (Å²) in [5, 5.41) is 6.97. The molecule has 0 atom stereocenters. The molecule has 27 heavy (non-hydrogen) atoms. The molecule has 0 amide bonds. The minimum Gasteiger partial charge on any atom is -0.370 e. The number of nitrogens with zero attached hydrogens (tertiary/aromatic N) is 3. The Hall–Kier alpha value is -2.79. The molecular weight excluding hydrogens is 334 g/mol. The topological polar surface area (TPSA) is 62.7 Å². The number of aryl methyl sites for hydroxylation is 1. The summed E-state index contributed by atoms with van der Waals surface area (Å²) in [6.07, 6.45) is 6.04. The van der Waals surface area contributed by atoms with Crippen molar-refractivity contribution in [3.8, 4) is 22.6 Å². The van der Waals surface area contributed by atoms with Crippen molar-refractivity contribution >= 4 is 5.82 Å². The summed E-state index contributed by atoms with van der Waals surface area (Å²) in [6.45, 7) is 5.23. The van der Waals surface area contributed by atoms with Crippen LogP contribution >= 0.6 is 0 Å². The van der Waals surface area contributed by atoms with E-state index in [1.807, 2.05) is 24.4 Å². The summed E-state index contributed by atoms with van der Waals surface area (Å²) in [5.74, 6) is 2.30. The zero-order valence-electron chi connectivity index (χ0n) is 15.7. The number of aromatic nitrogens is 3. The lowest BCUT2D eigenvalue weighted by Crippen LogP contribution is -2.31. The highest BCUT2D eigenvalue weighted by atomic mass is 15.0. The molecule has 2 aromatic heterocycles. The van der Waals surface area contributed by atoms with Crippen molar-refractivity contribution in [1.29, 1.82) is 0 Å². The molecule has 1 aromatic carbocycles. The van der Waals surface area contributed by atoms with E-state index in [9.17, 15) is 0 Å². The van der Waals surface area contributed by atoms with E-state index in [4.69, 9.17) is 9.97 Å². The van der Waals surface area contributed by atoms with Crippen LogP contribution in [0.5, 0.6) is 0 Å². The molecule has 1 fully saturated rings. The fourth-order valence-corrected chi connectivity index (χ4v) is 3.37. The Labute approximate surface area is 160 Å². The Morgan fingerprint density at radius 3 is 2.59 bits per heavy atom. The number of rotatable bonds is 5. The van der Waals surface area contributed by atoms with E-state index in [1.165, 1.54) is 18.4 Å². The van der Waals surface area contributed by atoms with Crippen molar-refractivity contribution < 1.29 is 0 Å². The summed E-state index contributed by atoms with van der Waals surface area (Å²) in [6, 6.07) is 14.3. The monoisotopic (exact) mass is 359 g/mol. The third-order valence-electron chi connectivity index (χ3n) is 5.02. The Morgan fingerprint density at radius 2 is 1.85 bits per heavy atom. The highest BCUT2D eigenvalue weighted by Crippen LogP contribution is 2.24. The highest BCUT2D eigenvalue weighted by Gasteiger charge is 2.14. The van der Waals surface area contributed by atoms with Gasteiger partial charge < -0.3 is 10.6 Å². The molecule has 1 aliphatic rings. The van der Waals surface area contributed by atoms with Gasteiger partial charge in [-0.15, -0.1) is 0 Å². The second-order valence-corrected chi connectivity index (χ2v) is 7.14. The minimum atomic E-state index is 0.686. The van der Waals surface area contributed by atoms with Crippen LogP contribution in [-0.4, -0.2) is 34.6 Å². The van der Waals surface area contributed by atoms with E-state index in [0.29, 0.717) is 5.92 Å². The van der Waals surface area contributed by atoms with E-state index in [-0.39, 0.29) is 0 Å². The minimum absolute atomic E-state index is 0.686. The van der Waals surface area contributed by atoms with Gasteiger partial charge in [0, 0.05) is 36.1 Å². The smallest absolute Gasteiger partial charge is 0.162 e. The molecule has 138 valence electrons. The maximum absolute atomic E-state index is 4.80. The number of hydrogen-bond acceptors (Lipinski definition) is 5.